The molecule has 0 aliphatic carbocycles. The van der Waals surface area contributed by atoms with Gasteiger partial charge in [0.15, 0.2) is 5.43 Å². The number of rotatable bonds is 7. The number of methoxy groups -OCH3 is 1. The zero-order chi connectivity index (χ0) is 22.0. The number of benzene rings is 1. The van der Waals surface area contributed by atoms with Gasteiger partial charge >= 0.3 is 0 Å². The van der Waals surface area contributed by atoms with Crippen LogP contribution in [0.3, 0.4) is 0 Å². The van der Waals surface area contributed by atoms with Crippen LogP contribution >= 0.6 is 0 Å². The molecule has 2 aromatic heterocycles. The van der Waals surface area contributed by atoms with E-state index in [1.807, 2.05) is 31.3 Å². The van der Waals surface area contributed by atoms with Crippen molar-refractivity contribution in [2.24, 2.45) is 5.92 Å². The molecule has 162 valence electrons. The van der Waals surface area contributed by atoms with Gasteiger partial charge in [0.05, 0.1) is 18.0 Å². The molecule has 0 saturated carbocycles. The van der Waals surface area contributed by atoms with E-state index >= 15 is 0 Å². The van der Waals surface area contributed by atoms with E-state index in [0.717, 1.165) is 46.7 Å². The lowest BCUT2D eigenvalue weighted by atomic mass is 9.86. The van der Waals surface area contributed by atoms with Crippen LogP contribution < -0.4 is 10.2 Å². The SMILES string of the molecule is COCCCOc1cc2c(cc1-c1ccccn1)-c1cc(=O)c(C)cn1C(C(C)C)C2. The van der Waals surface area contributed by atoms with Gasteiger partial charge < -0.3 is 14.0 Å². The Morgan fingerprint density at radius 3 is 2.71 bits per heavy atom. The zero-order valence-electron chi connectivity index (χ0n) is 18.7. The van der Waals surface area contributed by atoms with E-state index in [1.165, 1.54) is 5.56 Å². The lowest BCUT2D eigenvalue weighted by Gasteiger charge is -2.34. The first-order valence-electron chi connectivity index (χ1n) is 10.9. The average molecular weight is 419 g/mol. The fourth-order valence-electron chi connectivity index (χ4n) is 4.28. The summed E-state index contributed by atoms with van der Waals surface area (Å²) in [6.07, 6.45) is 5.53. The third kappa shape index (κ3) is 4.28. The van der Waals surface area contributed by atoms with Crippen LogP contribution in [0.5, 0.6) is 5.75 Å². The molecule has 0 saturated heterocycles. The first-order valence-corrected chi connectivity index (χ1v) is 10.9. The highest BCUT2D eigenvalue weighted by Gasteiger charge is 2.28. The average Bonchev–Trinajstić information content (AvgIpc) is 2.77. The number of hydrogen-bond donors (Lipinski definition) is 0. The van der Waals surface area contributed by atoms with Gasteiger partial charge in [-0.25, -0.2) is 0 Å². The normalized spacial score (nSPS) is 14.9. The molecule has 1 aliphatic heterocycles. The summed E-state index contributed by atoms with van der Waals surface area (Å²) in [5.41, 5.74) is 5.92. The summed E-state index contributed by atoms with van der Waals surface area (Å²) < 4.78 is 13.6. The van der Waals surface area contributed by atoms with E-state index in [0.29, 0.717) is 25.2 Å². The standard InChI is InChI=1S/C26H30N2O3/c1-17(2)23-12-19-13-26(31-11-7-10-30-4)21(22-8-5-6-9-27-22)14-20(19)24-15-25(29)18(3)16-28(23)24/h5-6,8-9,13-17,23H,7,10-12H2,1-4H3. The Hall–Kier alpha value is -2.92. The summed E-state index contributed by atoms with van der Waals surface area (Å²) in [6.45, 7) is 7.59. The first-order chi connectivity index (χ1) is 15.0. The molecule has 3 aromatic rings. The van der Waals surface area contributed by atoms with Gasteiger partial charge in [-0.1, -0.05) is 19.9 Å². The summed E-state index contributed by atoms with van der Waals surface area (Å²) in [5.74, 6) is 1.27. The van der Waals surface area contributed by atoms with Gasteiger partial charge in [0.1, 0.15) is 5.75 Å². The Kier molecular flexibility index (Phi) is 6.23. The molecule has 0 bridgehead atoms. The number of pyridine rings is 2. The Balaban J connectivity index is 1.87. The molecule has 1 unspecified atom stereocenters. The molecular weight excluding hydrogens is 388 g/mol. The number of aryl methyl sites for hydroxylation is 1. The second-order valence-corrected chi connectivity index (χ2v) is 8.54. The van der Waals surface area contributed by atoms with Crippen LogP contribution in [0.1, 0.15) is 37.4 Å². The second-order valence-electron chi connectivity index (χ2n) is 8.54. The minimum atomic E-state index is 0.0703. The second kappa shape index (κ2) is 9.06. The Morgan fingerprint density at radius 1 is 1.16 bits per heavy atom. The predicted octanol–water partition coefficient (Wildman–Crippen LogP) is 5.05. The van der Waals surface area contributed by atoms with Crippen molar-refractivity contribution >= 4 is 0 Å². The van der Waals surface area contributed by atoms with Gasteiger partial charge in [-0.3, -0.25) is 9.78 Å². The molecule has 1 aliphatic rings. The molecule has 3 heterocycles. The largest absolute Gasteiger partial charge is 0.493 e. The van der Waals surface area contributed by atoms with Crippen LogP contribution in [-0.4, -0.2) is 29.9 Å². The monoisotopic (exact) mass is 418 g/mol. The highest BCUT2D eigenvalue weighted by molar-refractivity contribution is 5.78. The molecule has 0 amide bonds. The zero-order valence-corrected chi connectivity index (χ0v) is 18.7. The van der Waals surface area contributed by atoms with Crippen LogP contribution in [0.15, 0.2) is 53.6 Å². The van der Waals surface area contributed by atoms with Crippen molar-refractivity contribution in [3.05, 3.63) is 70.1 Å². The van der Waals surface area contributed by atoms with E-state index in [1.54, 1.807) is 19.4 Å². The highest BCUT2D eigenvalue weighted by atomic mass is 16.5. The highest BCUT2D eigenvalue weighted by Crippen LogP contribution is 2.42. The van der Waals surface area contributed by atoms with Gasteiger partial charge in [0, 0.05) is 61.3 Å². The quantitative estimate of drug-likeness (QED) is 0.504. The van der Waals surface area contributed by atoms with E-state index in [-0.39, 0.29) is 5.43 Å². The summed E-state index contributed by atoms with van der Waals surface area (Å²) in [4.78, 5) is 17.1. The Labute approximate surface area is 183 Å². The van der Waals surface area contributed by atoms with Crippen molar-refractivity contribution in [1.29, 1.82) is 0 Å². The number of hydrogen-bond acceptors (Lipinski definition) is 4. The topological polar surface area (TPSA) is 53.4 Å². The third-order valence-electron chi connectivity index (χ3n) is 6.00. The summed E-state index contributed by atoms with van der Waals surface area (Å²) >= 11 is 0. The molecule has 0 spiro atoms. The Morgan fingerprint density at radius 2 is 2.00 bits per heavy atom. The maximum absolute atomic E-state index is 12.5. The van der Waals surface area contributed by atoms with Gasteiger partial charge in [-0.2, -0.15) is 0 Å². The van der Waals surface area contributed by atoms with Crippen molar-refractivity contribution in [3.63, 3.8) is 0 Å². The van der Waals surface area contributed by atoms with Crippen LogP contribution in [0.4, 0.5) is 0 Å². The van der Waals surface area contributed by atoms with Crippen molar-refractivity contribution in [2.75, 3.05) is 20.3 Å². The van der Waals surface area contributed by atoms with Crippen LogP contribution in [-0.2, 0) is 11.2 Å². The van der Waals surface area contributed by atoms with Crippen molar-refractivity contribution < 1.29 is 9.47 Å². The van der Waals surface area contributed by atoms with E-state index in [9.17, 15) is 4.79 Å². The Bertz CT molecular complexity index is 1120. The van der Waals surface area contributed by atoms with Crippen LogP contribution in [0.25, 0.3) is 22.5 Å². The fourth-order valence-corrected chi connectivity index (χ4v) is 4.28. The third-order valence-corrected chi connectivity index (χ3v) is 6.00. The molecule has 0 fully saturated rings. The molecule has 5 heteroatoms. The molecule has 1 aromatic carbocycles. The van der Waals surface area contributed by atoms with Gasteiger partial charge in [0.25, 0.3) is 0 Å². The minimum absolute atomic E-state index is 0.0703. The maximum atomic E-state index is 12.5. The van der Waals surface area contributed by atoms with Crippen molar-refractivity contribution in [3.8, 4) is 28.3 Å². The smallest absolute Gasteiger partial charge is 0.185 e. The number of ether oxygens (including phenoxy) is 2. The van der Waals surface area contributed by atoms with Gasteiger partial charge in [-0.05, 0) is 49.1 Å². The summed E-state index contributed by atoms with van der Waals surface area (Å²) in [5, 5.41) is 0. The lowest BCUT2D eigenvalue weighted by molar-refractivity contribution is 0.172. The molecule has 0 radical (unpaired) electrons. The van der Waals surface area contributed by atoms with E-state index < -0.39 is 0 Å². The molecule has 31 heavy (non-hydrogen) atoms. The van der Waals surface area contributed by atoms with Crippen molar-refractivity contribution in [2.45, 2.75) is 39.7 Å². The van der Waals surface area contributed by atoms with Crippen LogP contribution in [0.2, 0.25) is 0 Å². The van der Waals surface area contributed by atoms with Gasteiger partial charge in [0.2, 0.25) is 0 Å². The first kappa shape index (κ1) is 21.3. The van der Waals surface area contributed by atoms with E-state index in [2.05, 4.69) is 35.5 Å². The molecule has 4 rings (SSSR count). The summed E-state index contributed by atoms with van der Waals surface area (Å²) in [7, 11) is 1.70. The van der Waals surface area contributed by atoms with Gasteiger partial charge in [-0.15, -0.1) is 0 Å². The fraction of sp³-hybridized carbons (Fsp3) is 0.385. The van der Waals surface area contributed by atoms with Crippen LogP contribution in [0, 0.1) is 12.8 Å². The number of aromatic nitrogens is 2. The number of fused-ring (bicyclic) bond motifs is 3. The predicted molar refractivity (Wildman–Crippen MR) is 124 cm³/mol. The van der Waals surface area contributed by atoms with E-state index in [4.69, 9.17) is 9.47 Å². The molecule has 1 atom stereocenters. The number of nitrogens with zero attached hydrogens (tertiary/aromatic N) is 2. The maximum Gasteiger partial charge on any atom is 0.185 e. The summed E-state index contributed by atoms with van der Waals surface area (Å²) in [6, 6.07) is 12.2. The minimum Gasteiger partial charge on any atom is -0.493 e. The molecular formula is C26H30N2O3. The molecule has 0 N–H and O–H groups in total. The van der Waals surface area contributed by atoms with Crippen molar-refractivity contribution in [1.82, 2.24) is 9.55 Å². The lowest BCUT2D eigenvalue weighted by Crippen LogP contribution is -2.26. The molecule has 5 nitrogen and oxygen atoms in total.